The molecule has 1 aromatic heterocycles. The molecule has 1 amide bonds. The van der Waals surface area contributed by atoms with E-state index >= 15 is 0 Å². The van der Waals surface area contributed by atoms with Gasteiger partial charge in [-0.15, -0.1) is 24.8 Å². The summed E-state index contributed by atoms with van der Waals surface area (Å²) in [5.41, 5.74) is 1.85. The van der Waals surface area contributed by atoms with E-state index in [-0.39, 0.29) is 36.8 Å². The minimum absolute atomic E-state index is 0. The van der Waals surface area contributed by atoms with Crippen LogP contribution in [0.25, 0.3) is 0 Å². The van der Waals surface area contributed by atoms with Crippen molar-refractivity contribution in [3.63, 3.8) is 0 Å². The first-order valence-electron chi connectivity index (χ1n) is 7.84. The van der Waals surface area contributed by atoms with Gasteiger partial charge in [0, 0.05) is 23.4 Å². The maximum Gasteiger partial charge on any atom is 0.251 e. The highest BCUT2D eigenvalue weighted by molar-refractivity contribution is 7.98. The van der Waals surface area contributed by atoms with Crippen molar-refractivity contribution in [2.24, 2.45) is 0 Å². The summed E-state index contributed by atoms with van der Waals surface area (Å²) in [5.74, 6) is 0.792. The van der Waals surface area contributed by atoms with Gasteiger partial charge in [-0.25, -0.2) is 4.98 Å². The van der Waals surface area contributed by atoms with E-state index in [1.807, 2.05) is 24.3 Å². The quantitative estimate of drug-likeness (QED) is 0.668. The zero-order valence-corrected chi connectivity index (χ0v) is 16.3. The van der Waals surface area contributed by atoms with Crippen LogP contribution in [0.15, 0.2) is 35.7 Å². The Bertz CT molecular complexity index is 638. The third-order valence-corrected chi connectivity index (χ3v) is 5.01. The van der Waals surface area contributed by atoms with Crippen molar-refractivity contribution in [3.05, 3.63) is 41.7 Å². The summed E-state index contributed by atoms with van der Waals surface area (Å²) in [4.78, 5) is 16.4. The molecule has 3 N–H and O–H groups in total. The van der Waals surface area contributed by atoms with Crippen molar-refractivity contribution in [2.75, 3.05) is 6.54 Å². The lowest BCUT2D eigenvalue weighted by atomic mass is 9.99. The molecule has 0 saturated carbocycles. The summed E-state index contributed by atoms with van der Waals surface area (Å²) in [7, 11) is 0. The maximum absolute atomic E-state index is 12.3. The fourth-order valence-corrected chi connectivity index (χ4v) is 3.40. The van der Waals surface area contributed by atoms with Crippen LogP contribution in [0.5, 0.6) is 0 Å². The molecule has 2 unspecified atom stereocenters. The fraction of sp³-hybridized carbons (Fsp3) is 0.438. The predicted octanol–water partition coefficient (Wildman–Crippen LogP) is 2.81. The van der Waals surface area contributed by atoms with Crippen molar-refractivity contribution >= 4 is 42.5 Å². The van der Waals surface area contributed by atoms with E-state index in [0.29, 0.717) is 11.6 Å². The summed E-state index contributed by atoms with van der Waals surface area (Å²) < 4.78 is 0. The number of nitrogens with one attached hydrogen (secondary N) is 3. The number of carbonyl (C=O) groups excluding carboxylic acids is 1. The number of H-pyrrole nitrogens is 1. The number of benzene rings is 1. The molecule has 0 spiro atoms. The van der Waals surface area contributed by atoms with Crippen molar-refractivity contribution < 1.29 is 4.79 Å². The summed E-state index contributed by atoms with van der Waals surface area (Å²) in [6.45, 7) is 3.15. The SMILES string of the molecule is CC1NCCCC1NC(=O)c1ccc(CSc2ncn[nH]2)cc1.Cl.Cl. The molecule has 2 atom stereocenters. The lowest BCUT2D eigenvalue weighted by Gasteiger charge is -2.30. The number of halogens is 2. The average molecular weight is 404 g/mol. The monoisotopic (exact) mass is 403 g/mol. The Morgan fingerprint density at radius 2 is 2.08 bits per heavy atom. The van der Waals surface area contributed by atoms with Crippen LogP contribution >= 0.6 is 36.6 Å². The van der Waals surface area contributed by atoms with Crippen LogP contribution in [-0.2, 0) is 5.75 Å². The van der Waals surface area contributed by atoms with Gasteiger partial charge in [0.1, 0.15) is 6.33 Å². The zero-order valence-electron chi connectivity index (χ0n) is 13.9. The number of aromatic amines is 1. The van der Waals surface area contributed by atoms with Gasteiger partial charge in [-0.1, -0.05) is 23.9 Å². The van der Waals surface area contributed by atoms with E-state index in [0.717, 1.165) is 35.9 Å². The van der Waals surface area contributed by atoms with Gasteiger partial charge in [-0.3, -0.25) is 9.89 Å². The molecule has 1 fully saturated rings. The first-order chi connectivity index (χ1) is 11.2. The molecule has 0 bridgehead atoms. The van der Waals surface area contributed by atoms with Crippen LogP contribution in [0.2, 0.25) is 0 Å². The highest BCUT2D eigenvalue weighted by Gasteiger charge is 2.22. The van der Waals surface area contributed by atoms with Gasteiger partial charge in [-0.05, 0) is 44.0 Å². The van der Waals surface area contributed by atoms with Crippen molar-refractivity contribution in [1.82, 2.24) is 25.8 Å². The molecule has 0 aliphatic carbocycles. The number of amides is 1. The first-order valence-corrected chi connectivity index (χ1v) is 8.82. The lowest BCUT2D eigenvalue weighted by molar-refractivity contribution is 0.0920. The summed E-state index contributed by atoms with van der Waals surface area (Å²) in [6, 6.07) is 8.27. The maximum atomic E-state index is 12.3. The standard InChI is InChI=1S/C16H21N5OS.2ClH/c1-11-14(3-2-8-17-11)20-15(22)13-6-4-12(5-7-13)9-23-16-18-10-19-21-16;;/h4-7,10-11,14,17H,2-3,8-9H2,1H3,(H,20,22)(H,18,19,21);2*1H. The Morgan fingerprint density at radius 1 is 1.32 bits per heavy atom. The van der Waals surface area contributed by atoms with Gasteiger partial charge in [0.2, 0.25) is 0 Å². The number of nitrogens with zero attached hydrogens (tertiary/aromatic N) is 2. The molecule has 1 aliphatic rings. The predicted molar refractivity (Wildman–Crippen MR) is 105 cm³/mol. The molecule has 1 aromatic carbocycles. The molecule has 2 aromatic rings. The van der Waals surface area contributed by atoms with E-state index in [2.05, 4.69) is 32.7 Å². The van der Waals surface area contributed by atoms with Crippen LogP contribution in [0, 0.1) is 0 Å². The van der Waals surface area contributed by atoms with E-state index in [1.165, 1.54) is 6.33 Å². The molecule has 138 valence electrons. The molecule has 0 radical (unpaired) electrons. The third kappa shape index (κ3) is 6.18. The number of piperidine rings is 1. The first kappa shape index (κ1) is 21.8. The Labute approximate surface area is 164 Å². The van der Waals surface area contributed by atoms with E-state index in [1.54, 1.807) is 11.8 Å². The zero-order chi connectivity index (χ0) is 16.1. The molecule has 2 heterocycles. The van der Waals surface area contributed by atoms with Crippen molar-refractivity contribution in [3.8, 4) is 0 Å². The van der Waals surface area contributed by atoms with Gasteiger partial charge < -0.3 is 10.6 Å². The Kier molecular flexibility index (Phi) is 9.27. The summed E-state index contributed by atoms with van der Waals surface area (Å²) in [6.07, 6.45) is 3.63. The van der Waals surface area contributed by atoms with Crippen LogP contribution in [-0.4, -0.2) is 39.7 Å². The van der Waals surface area contributed by atoms with Gasteiger partial charge >= 0.3 is 0 Å². The topological polar surface area (TPSA) is 82.7 Å². The molecule has 9 heteroatoms. The number of hydrogen-bond donors (Lipinski definition) is 3. The molecule has 1 aliphatic heterocycles. The van der Waals surface area contributed by atoms with E-state index in [9.17, 15) is 4.79 Å². The average Bonchev–Trinajstić information content (AvgIpc) is 3.09. The second-order valence-electron chi connectivity index (χ2n) is 5.74. The van der Waals surface area contributed by atoms with Crippen molar-refractivity contribution in [2.45, 2.75) is 42.8 Å². The highest BCUT2D eigenvalue weighted by Crippen LogP contribution is 2.18. The molecule has 25 heavy (non-hydrogen) atoms. The Hall–Kier alpha value is -1.28. The van der Waals surface area contributed by atoms with Crippen LogP contribution < -0.4 is 10.6 Å². The number of thioether (sulfide) groups is 1. The Morgan fingerprint density at radius 3 is 2.72 bits per heavy atom. The molecule has 1 saturated heterocycles. The number of hydrogen-bond acceptors (Lipinski definition) is 5. The largest absolute Gasteiger partial charge is 0.348 e. The third-order valence-electron chi connectivity index (χ3n) is 4.06. The smallest absolute Gasteiger partial charge is 0.251 e. The Balaban J connectivity index is 0.00000156. The van der Waals surface area contributed by atoms with Gasteiger partial charge in [0.25, 0.3) is 5.91 Å². The highest BCUT2D eigenvalue weighted by atomic mass is 35.5. The van der Waals surface area contributed by atoms with Crippen LogP contribution in [0.1, 0.15) is 35.7 Å². The molecular weight excluding hydrogens is 381 g/mol. The second kappa shape index (κ2) is 10.7. The van der Waals surface area contributed by atoms with Crippen LogP contribution in [0.3, 0.4) is 0 Å². The van der Waals surface area contributed by atoms with Gasteiger partial charge in [0.15, 0.2) is 5.16 Å². The minimum atomic E-state index is -0.0000114. The van der Waals surface area contributed by atoms with Crippen LogP contribution in [0.4, 0.5) is 0 Å². The molecule has 6 nitrogen and oxygen atoms in total. The van der Waals surface area contributed by atoms with E-state index in [4.69, 9.17) is 0 Å². The van der Waals surface area contributed by atoms with Gasteiger partial charge in [-0.2, -0.15) is 5.10 Å². The minimum Gasteiger partial charge on any atom is -0.348 e. The normalized spacial score (nSPS) is 19.4. The van der Waals surface area contributed by atoms with Gasteiger partial charge in [0.05, 0.1) is 0 Å². The second-order valence-corrected chi connectivity index (χ2v) is 6.71. The number of aromatic nitrogens is 3. The summed E-state index contributed by atoms with van der Waals surface area (Å²) >= 11 is 1.59. The van der Waals surface area contributed by atoms with Crippen molar-refractivity contribution in [1.29, 1.82) is 0 Å². The van der Waals surface area contributed by atoms with E-state index < -0.39 is 0 Å². The fourth-order valence-electron chi connectivity index (χ4n) is 2.66. The molecule has 3 rings (SSSR count). The summed E-state index contributed by atoms with van der Waals surface area (Å²) in [5, 5.41) is 14.0. The number of rotatable bonds is 5. The number of carbonyl (C=O) groups is 1. The lowest BCUT2D eigenvalue weighted by Crippen LogP contribution is -2.51. The molecular formula is C16H23Cl2N5OS.